The SMILES string of the molecule is CCCCN(CC(N)=O)c1cc(F)cc(CNC)c1. The van der Waals surface area contributed by atoms with Crippen LogP contribution in [0.25, 0.3) is 0 Å². The average molecular weight is 267 g/mol. The summed E-state index contributed by atoms with van der Waals surface area (Å²) >= 11 is 0. The first-order valence-electron chi connectivity index (χ1n) is 6.54. The summed E-state index contributed by atoms with van der Waals surface area (Å²) in [6.45, 7) is 3.47. The lowest BCUT2D eigenvalue weighted by Gasteiger charge is -2.24. The maximum absolute atomic E-state index is 13.6. The number of unbranched alkanes of at least 4 members (excludes halogenated alkanes) is 1. The summed E-state index contributed by atoms with van der Waals surface area (Å²) in [4.78, 5) is 12.9. The van der Waals surface area contributed by atoms with Crippen molar-refractivity contribution in [3.63, 3.8) is 0 Å². The van der Waals surface area contributed by atoms with Crippen molar-refractivity contribution in [3.8, 4) is 0 Å². The molecule has 0 spiro atoms. The van der Waals surface area contributed by atoms with Crippen LogP contribution in [0.5, 0.6) is 0 Å². The molecule has 0 saturated carbocycles. The highest BCUT2D eigenvalue weighted by Gasteiger charge is 2.11. The summed E-state index contributed by atoms with van der Waals surface area (Å²) in [5.41, 5.74) is 6.81. The van der Waals surface area contributed by atoms with E-state index in [9.17, 15) is 9.18 Å². The Balaban J connectivity index is 2.95. The highest BCUT2D eigenvalue weighted by atomic mass is 19.1. The summed E-state index contributed by atoms with van der Waals surface area (Å²) in [5, 5.41) is 2.98. The molecule has 106 valence electrons. The molecular formula is C14H22FN3O. The second-order valence-electron chi connectivity index (χ2n) is 4.59. The molecule has 0 heterocycles. The van der Waals surface area contributed by atoms with Gasteiger partial charge in [0, 0.05) is 18.8 Å². The Morgan fingerprint density at radius 1 is 1.42 bits per heavy atom. The molecule has 1 aromatic rings. The summed E-state index contributed by atoms with van der Waals surface area (Å²) in [6.07, 6.45) is 1.94. The zero-order chi connectivity index (χ0) is 14.3. The normalized spacial score (nSPS) is 10.5. The van der Waals surface area contributed by atoms with Gasteiger partial charge in [-0.1, -0.05) is 13.3 Å². The molecule has 0 aliphatic rings. The number of primary amides is 1. The number of hydrogen-bond donors (Lipinski definition) is 2. The second-order valence-corrected chi connectivity index (χ2v) is 4.59. The maximum Gasteiger partial charge on any atom is 0.236 e. The van der Waals surface area contributed by atoms with E-state index in [4.69, 9.17) is 5.73 Å². The molecule has 0 fully saturated rings. The van der Waals surface area contributed by atoms with Crippen LogP contribution in [0.15, 0.2) is 18.2 Å². The minimum atomic E-state index is -0.407. The topological polar surface area (TPSA) is 58.4 Å². The van der Waals surface area contributed by atoms with E-state index >= 15 is 0 Å². The average Bonchev–Trinajstić information content (AvgIpc) is 2.33. The Hall–Kier alpha value is -1.62. The van der Waals surface area contributed by atoms with E-state index in [0.717, 1.165) is 18.4 Å². The maximum atomic E-state index is 13.6. The first-order valence-corrected chi connectivity index (χ1v) is 6.54. The highest BCUT2D eigenvalue weighted by Crippen LogP contribution is 2.19. The van der Waals surface area contributed by atoms with Gasteiger partial charge in [-0.05, 0) is 37.2 Å². The number of nitrogens with two attached hydrogens (primary N) is 1. The molecule has 0 saturated heterocycles. The van der Waals surface area contributed by atoms with E-state index < -0.39 is 5.91 Å². The lowest BCUT2D eigenvalue weighted by atomic mass is 10.1. The molecular weight excluding hydrogens is 245 g/mol. The van der Waals surface area contributed by atoms with Crippen molar-refractivity contribution in [3.05, 3.63) is 29.6 Å². The third-order valence-electron chi connectivity index (χ3n) is 2.82. The first kappa shape index (κ1) is 15.4. The third-order valence-corrected chi connectivity index (χ3v) is 2.82. The van der Waals surface area contributed by atoms with Gasteiger partial charge in [-0.2, -0.15) is 0 Å². The number of carbonyl (C=O) groups is 1. The fraction of sp³-hybridized carbons (Fsp3) is 0.500. The zero-order valence-corrected chi connectivity index (χ0v) is 11.6. The number of benzene rings is 1. The third kappa shape index (κ3) is 5.26. The minimum Gasteiger partial charge on any atom is -0.368 e. The molecule has 0 aliphatic heterocycles. The molecule has 0 aliphatic carbocycles. The molecule has 4 nitrogen and oxygen atoms in total. The first-order chi connectivity index (χ1) is 9.06. The van der Waals surface area contributed by atoms with E-state index in [1.807, 2.05) is 18.0 Å². The van der Waals surface area contributed by atoms with Crippen molar-refractivity contribution < 1.29 is 9.18 Å². The van der Waals surface area contributed by atoms with Crippen LogP contribution in [-0.2, 0) is 11.3 Å². The summed E-state index contributed by atoms with van der Waals surface area (Å²) in [6, 6.07) is 4.82. The Morgan fingerprint density at radius 2 is 2.16 bits per heavy atom. The lowest BCUT2D eigenvalue weighted by molar-refractivity contribution is -0.116. The predicted octanol–water partition coefficient (Wildman–Crippen LogP) is 1.64. The number of hydrogen-bond acceptors (Lipinski definition) is 3. The van der Waals surface area contributed by atoms with E-state index in [1.54, 1.807) is 0 Å². The number of rotatable bonds is 8. The number of halogens is 1. The molecule has 1 amide bonds. The fourth-order valence-corrected chi connectivity index (χ4v) is 1.96. The van der Waals surface area contributed by atoms with Crippen LogP contribution in [0.4, 0.5) is 10.1 Å². The van der Waals surface area contributed by atoms with Gasteiger partial charge in [0.1, 0.15) is 5.82 Å². The van der Waals surface area contributed by atoms with Crippen molar-refractivity contribution in [2.75, 3.05) is 25.0 Å². The lowest BCUT2D eigenvalue weighted by Crippen LogP contribution is -2.34. The van der Waals surface area contributed by atoms with Crippen LogP contribution in [0.3, 0.4) is 0 Å². The Morgan fingerprint density at radius 3 is 2.74 bits per heavy atom. The Labute approximate surface area is 113 Å². The molecule has 0 atom stereocenters. The molecule has 1 aromatic carbocycles. The van der Waals surface area contributed by atoms with Gasteiger partial charge in [-0.25, -0.2) is 4.39 Å². The second kappa shape index (κ2) is 7.74. The Bertz CT molecular complexity index is 423. The van der Waals surface area contributed by atoms with Crippen LogP contribution in [0, 0.1) is 5.82 Å². The summed E-state index contributed by atoms with van der Waals surface area (Å²) in [7, 11) is 1.81. The van der Waals surface area contributed by atoms with Gasteiger partial charge in [-0.3, -0.25) is 4.79 Å². The van der Waals surface area contributed by atoms with Gasteiger partial charge in [0.05, 0.1) is 6.54 Å². The molecule has 1 rings (SSSR count). The van der Waals surface area contributed by atoms with Gasteiger partial charge in [0.15, 0.2) is 0 Å². The zero-order valence-electron chi connectivity index (χ0n) is 11.6. The van der Waals surface area contributed by atoms with Gasteiger partial charge in [0.25, 0.3) is 0 Å². The minimum absolute atomic E-state index is 0.114. The monoisotopic (exact) mass is 267 g/mol. The summed E-state index contributed by atoms with van der Waals surface area (Å²) < 4.78 is 13.6. The molecule has 0 unspecified atom stereocenters. The van der Waals surface area contributed by atoms with Crippen LogP contribution in [-0.4, -0.2) is 26.0 Å². The van der Waals surface area contributed by atoms with E-state index in [2.05, 4.69) is 12.2 Å². The highest BCUT2D eigenvalue weighted by molar-refractivity contribution is 5.79. The van der Waals surface area contributed by atoms with E-state index in [0.29, 0.717) is 18.8 Å². The fourth-order valence-electron chi connectivity index (χ4n) is 1.96. The van der Waals surface area contributed by atoms with Gasteiger partial charge >= 0.3 is 0 Å². The van der Waals surface area contributed by atoms with Crippen LogP contribution in [0.2, 0.25) is 0 Å². The van der Waals surface area contributed by atoms with Crippen LogP contribution < -0.4 is 16.0 Å². The van der Waals surface area contributed by atoms with Crippen molar-refractivity contribution in [2.45, 2.75) is 26.3 Å². The molecule has 0 radical (unpaired) electrons. The smallest absolute Gasteiger partial charge is 0.236 e. The van der Waals surface area contributed by atoms with Crippen molar-refractivity contribution >= 4 is 11.6 Å². The molecule has 0 aromatic heterocycles. The number of anilines is 1. The Kier molecular flexibility index (Phi) is 6.29. The van der Waals surface area contributed by atoms with Crippen molar-refractivity contribution in [1.82, 2.24) is 5.32 Å². The molecule has 3 N–H and O–H groups in total. The predicted molar refractivity (Wildman–Crippen MR) is 75.5 cm³/mol. The quantitative estimate of drug-likeness (QED) is 0.753. The number of nitrogens with one attached hydrogen (secondary N) is 1. The van der Waals surface area contributed by atoms with Gasteiger partial charge in [-0.15, -0.1) is 0 Å². The number of amides is 1. The standard InChI is InChI=1S/C14H22FN3O/c1-3-4-5-18(10-14(16)19)13-7-11(9-17-2)6-12(15)8-13/h6-8,17H,3-5,9-10H2,1-2H3,(H2,16,19). The van der Waals surface area contributed by atoms with E-state index in [1.165, 1.54) is 12.1 Å². The molecule has 19 heavy (non-hydrogen) atoms. The van der Waals surface area contributed by atoms with Gasteiger partial charge in [0.2, 0.25) is 5.91 Å². The van der Waals surface area contributed by atoms with Crippen LogP contribution >= 0.6 is 0 Å². The number of carbonyl (C=O) groups excluding carboxylic acids is 1. The van der Waals surface area contributed by atoms with Crippen molar-refractivity contribution in [2.24, 2.45) is 5.73 Å². The molecule has 0 bridgehead atoms. The number of nitrogens with zero attached hydrogens (tertiary/aromatic N) is 1. The molecule has 5 heteroatoms. The van der Waals surface area contributed by atoms with Gasteiger partial charge < -0.3 is 16.0 Å². The van der Waals surface area contributed by atoms with E-state index in [-0.39, 0.29) is 12.4 Å². The van der Waals surface area contributed by atoms with Crippen molar-refractivity contribution in [1.29, 1.82) is 0 Å². The largest absolute Gasteiger partial charge is 0.368 e. The summed E-state index contributed by atoms with van der Waals surface area (Å²) in [5.74, 6) is -0.704. The van der Waals surface area contributed by atoms with Crippen LogP contribution in [0.1, 0.15) is 25.3 Å².